The van der Waals surface area contributed by atoms with E-state index in [2.05, 4.69) is 0 Å². The molecule has 0 aliphatic carbocycles. The summed E-state index contributed by atoms with van der Waals surface area (Å²) in [6.07, 6.45) is 2.83. The number of hydrogen-bond acceptors (Lipinski definition) is 5. The Hall–Kier alpha value is -1.96. The van der Waals surface area contributed by atoms with E-state index in [1.54, 1.807) is 36.2 Å². The van der Waals surface area contributed by atoms with Crippen LogP contribution in [0, 0.1) is 0 Å². The molecule has 2 aliphatic heterocycles. The van der Waals surface area contributed by atoms with E-state index in [0.717, 1.165) is 19.3 Å². The van der Waals surface area contributed by atoms with Gasteiger partial charge >= 0.3 is 0 Å². The topological polar surface area (TPSA) is 76.2 Å². The molecule has 0 saturated carbocycles. The summed E-state index contributed by atoms with van der Waals surface area (Å²) in [5, 5.41) is 0.373. The summed E-state index contributed by atoms with van der Waals surface area (Å²) in [5.41, 5.74) is -0.789. The molecule has 3 amide bonds. The maximum Gasteiger partial charge on any atom is 0.241 e. The lowest BCUT2D eigenvalue weighted by Gasteiger charge is -2.32. The lowest BCUT2D eigenvalue weighted by atomic mass is 9.75. The summed E-state index contributed by atoms with van der Waals surface area (Å²) in [7, 11) is 3.22. The zero-order chi connectivity index (χ0) is 21.7. The van der Waals surface area contributed by atoms with Crippen LogP contribution in [0.25, 0.3) is 0 Å². The van der Waals surface area contributed by atoms with Crippen molar-refractivity contribution in [3.8, 4) is 0 Å². The molecule has 0 N–H and O–H groups in total. The molecule has 2 saturated heterocycles. The number of methoxy groups -OCH3 is 1. The minimum atomic E-state index is -1.30. The molecule has 2 unspecified atom stereocenters. The van der Waals surface area contributed by atoms with Crippen molar-refractivity contribution in [2.75, 3.05) is 40.5 Å². The van der Waals surface area contributed by atoms with Crippen molar-refractivity contribution in [1.82, 2.24) is 9.80 Å². The predicted octanol–water partition coefficient (Wildman–Crippen LogP) is 2.40. The Morgan fingerprint density at radius 3 is 2.77 bits per heavy atom. The van der Waals surface area contributed by atoms with Gasteiger partial charge in [-0.2, -0.15) is 0 Å². The maximum absolute atomic E-state index is 13.4. The third kappa shape index (κ3) is 4.68. The van der Waals surface area contributed by atoms with Crippen LogP contribution in [-0.2, 0) is 29.3 Å². The average Bonchev–Trinajstić information content (AvgIpc) is 2.97. The Balaban J connectivity index is 1.85. The molecule has 0 radical (unpaired) electrons. The summed E-state index contributed by atoms with van der Waals surface area (Å²) >= 11 is 6.43. The fraction of sp³-hybridized carbons (Fsp3) is 0.591. The number of halogens is 1. The van der Waals surface area contributed by atoms with Gasteiger partial charge in [-0.1, -0.05) is 29.8 Å². The van der Waals surface area contributed by atoms with E-state index >= 15 is 0 Å². The zero-order valence-electron chi connectivity index (χ0n) is 17.6. The number of ether oxygens (including phenoxy) is 2. The van der Waals surface area contributed by atoms with E-state index < -0.39 is 11.3 Å². The zero-order valence-corrected chi connectivity index (χ0v) is 18.3. The van der Waals surface area contributed by atoms with Gasteiger partial charge in [0.15, 0.2) is 0 Å². The van der Waals surface area contributed by atoms with Gasteiger partial charge in [0.2, 0.25) is 17.7 Å². The van der Waals surface area contributed by atoms with Crippen molar-refractivity contribution in [1.29, 1.82) is 0 Å². The number of imide groups is 1. The molecule has 8 heteroatoms. The molecule has 2 aliphatic rings. The van der Waals surface area contributed by atoms with Crippen molar-refractivity contribution in [3.05, 3.63) is 34.9 Å². The van der Waals surface area contributed by atoms with Crippen molar-refractivity contribution in [2.24, 2.45) is 0 Å². The van der Waals surface area contributed by atoms with Gasteiger partial charge in [-0.25, -0.2) is 0 Å². The highest BCUT2D eigenvalue weighted by Gasteiger charge is 2.54. The van der Waals surface area contributed by atoms with Gasteiger partial charge in [-0.05, 0) is 30.9 Å². The van der Waals surface area contributed by atoms with Gasteiger partial charge in [-0.15, -0.1) is 0 Å². The Morgan fingerprint density at radius 1 is 1.33 bits per heavy atom. The quantitative estimate of drug-likeness (QED) is 0.585. The number of hydrogen-bond donors (Lipinski definition) is 0. The smallest absolute Gasteiger partial charge is 0.241 e. The first kappa shape index (κ1) is 22.7. The van der Waals surface area contributed by atoms with E-state index in [1.165, 1.54) is 12.0 Å². The van der Waals surface area contributed by atoms with E-state index in [9.17, 15) is 14.4 Å². The molecule has 7 nitrogen and oxygen atoms in total. The van der Waals surface area contributed by atoms with E-state index in [1.807, 2.05) is 0 Å². The molecule has 30 heavy (non-hydrogen) atoms. The van der Waals surface area contributed by atoms with E-state index in [-0.39, 0.29) is 43.9 Å². The van der Waals surface area contributed by atoms with Crippen LogP contribution in [0.3, 0.4) is 0 Å². The number of likely N-dealkylation sites (tertiary alicyclic amines) is 1. The molecule has 2 atom stereocenters. The highest BCUT2D eigenvalue weighted by molar-refractivity contribution is 6.32. The van der Waals surface area contributed by atoms with Crippen LogP contribution in [0.4, 0.5) is 0 Å². The molecule has 2 heterocycles. The van der Waals surface area contributed by atoms with Crippen LogP contribution in [0.1, 0.15) is 37.7 Å². The lowest BCUT2D eigenvalue weighted by molar-refractivity contribution is -0.143. The summed E-state index contributed by atoms with van der Waals surface area (Å²) in [6.45, 7) is 1.56. The second-order valence-corrected chi connectivity index (χ2v) is 8.43. The summed E-state index contributed by atoms with van der Waals surface area (Å²) < 4.78 is 10.8. The Morgan fingerprint density at radius 2 is 2.10 bits per heavy atom. The van der Waals surface area contributed by atoms with Gasteiger partial charge in [0, 0.05) is 45.2 Å². The number of carbonyl (C=O) groups excluding carboxylic acids is 3. The van der Waals surface area contributed by atoms with Crippen molar-refractivity contribution in [2.45, 2.75) is 43.6 Å². The first-order valence-corrected chi connectivity index (χ1v) is 10.7. The Kier molecular flexibility index (Phi) is 7.50. The minimum Gasteiger partial charge on any atom is -0.383 e. The van der Waals surface area contributed by atoms with Crippen LogP contribution in [0.2, 0.25) is 5.02 Å². The number of rotatable bonds is 8. The maximum atomic E-state index is 13.4. The van der Waals surface area contributed by atoms with Crippen LogP contribution in [0.5, 0.6) is 0 Å². The molecule has 0 aromatic heterocycles. The Labute approximate surface area is 182 Å². The van der Waals surface area contributed by atoms with Gasteiger partial charge in [-0.3, -0.25) is 19.3 Å². The highest BCUT2D eigenvalue weighted by Crippen LogP contribution is 2.43. The lowest BCUT2D eigenvalue weighted by Crippen LogP contribution is -2.45. The molecular weight excluding hydrogens is 408 g/mol. The minimum absolute atomic E-state index is 0.00285. The predicted molar refractivity (Wildman–Crippen MR) is 112 cm³/mol. The standard InChI is InChI=1S/C22H29ClN2O5/c1-24(15-16-7-5-6-11-30-16)19(26)13-22(17-8-3-4-9-18(17)23)14-20(27)25(21(22)28)10-12-29-2/h3-4,8-9,16H,5-7,10-15H2,1-2H3. The number of amides is 3. The fourth-order valence-corrected chi connectivity index (χ4v) is 4.57. The third-order valence-electron chi connectivity index (χ3n) is 5.95. The monoisotopic (exact) mass is 436 g/mol. The van der Waals surface area contributed by atoms with Crippen LogP contribution >= 0.6 is 11.6 Å². The van der Waals surface area contributed by atoms with Gasteiger partial charge in [0.1, 0.15) is 0 Å². The number of carbonyl (C=O) groups is 3. The normalized spacial score (nSPS) is 24.4. The van der Waals surface area contributed by atoms with Gasteiger partial charge in [0.05, 0.1) is 24.7 Å². The average molecular weight is 437 g/mol. The summed E-state index contributed by atoms with van der Waals surface area (Å²) in [5.74, 6) is -0.921. The number of likely N-dealkylation sites (N-methyl/N-ethyl adjacent to an activating group) is 1. The van der Waals surface area contributed by atoms with Crippen molar-refractivity contribution in [3.63, 3.8) is 0 Å². The molecule has 0 spiro atoms. The summed E-state index contributed by atoms with van der Waals surface area (Å²) in [6, 6.07) is 6.93. The molecule has 2 fully saturated rings. The number of nitrogens with zero attached hydrogens (tertiary/aromatic N) is 2. The van der Waals surface area contributed by atoms with Crippen LogP contribution in [-0.4, -0.2) is 74.1 Å². The van der Waals surface area contributed by atoms with E-state index in [4.69, 9.17) is 21.1 Å². The third-order valence-corrected chi connectivity index (χ3v) is 6.28. The molecule has 1 aromatic carbocycles. The fourth-order valence-electron chi connectivity index (χ4n) is 4.25. The van der Waals surface area contributed by atoms with Gasteiger partial charge in [0.25, 0.3) is 0 Å². The molecule has 164 valence electrons. The SMILES string of the molecule is COCCN1C(=O)CC(CC(=O)N(C)CC2CCCCO2)(c2ccccc2Cl)C1=O. The molecular formula is C22H29ClN2O5. The van der Waals surface area contributed by atoms with E-state index in [0.29, 0.717) is 23.7 Å². The van der Waals surface area contributed by atoms with Crippen molar-refractivity contribution >= 4 is 29.3 Å². The van der Waals surface area contributed by atoms with Crippen LogP contribution in [0.15, 0.2) is 24.3 Å². The van der Waals surface area contributed by atoms with Gasteiger partial charge < -0.3 is 14.4 Å². The highest BCUT2D eigenvalue weighted by atomic mass is 35.5. The molecule has 1 aromatic rings. The number of benzene rings is 1. The largest absolute Gasteiger partial charge is 0.383 e. The van der Waals surface area contributed by atoms with Crippen molar-refractivity contribution < 1.29 is 23.9 Å². The Bertz CT molecular complexity index is 795. The second-order valence-electron chi connectivity index (χ2n) is 8.02. The molecule has 0 bridgehead atoms. The first-order chi connectivity index (χ1) is 14.4. The molecule has 3 rings (SSSR count). The summed E-state index contributed by atoms with van der Waals surface area (Å²) in [4.78, 5) is 42.1. The second kappa shape index (κ2) is 9.90. The van der Waals surface area contributed by atoms with Crippen LogP contribution < -0.4 is 0 Å². The first-order valence-electron chi connectivity index (χ1n) is 10.3.